The SMILES string of the molecule is CCCNS(=O)(=O)c1ccc(OCCO)cc1. The van der Waals surface area contributed by atoms with Crippen molar-refractivity contribution < 1.29 is 18.3 Å². The number of aliphatic hydroxyl groups excluding tert-OH is 1. The van der Waals surface area contributed by atoms with Crippen LogP contribution in [0.25, 0.3) is 0 Å². The Labute approximate surface area is 101 Å². The first-order valence-electron chi connectivity index (χ1n) is 5.43. The molecule has 2 N–H and O–H groups in total. The Balaban J connectivity index is 2.73. The molecule has 0 saturated heterocycles. The lowest BCUT2D eigenvalue weighted by molar-refractivity contribution is 0.201. The van der Waals surface area contributed by atoms with Crippen LogP contribution in [0.15, 0.2) is 29.2 Å². The second-order valence-corrected chi connectivity index (χ2v) is 5.21. The molecule has 0 spiro atoms. The van der Waals surface area contributed by atoms with Crippen LogP contribution in [-0.4, -0.2) is 33.3 Å². The van der Waals surface area contributed by atoms with Crippen molar-refractivity contribution in [1.29, 1.82) is 0 Å². The Hall–Kier alpha value is -1.11. The number of hydrogen-bond donors (Lipinski definition) is 2. The van der Waals surface area contributed by atoms with E-state index in [1.165, 1.54) is 12.1 Å². The Morgan fingerprint density at radius 1 is 1.29 bits per heavy atom. The molecule has 6 heteroatoms. The standard InChI is InChI=1S/C11H17NO4S/c1-2-7-12-17(14,15)11-5-3-10(4-6-11)16-9-8-13/h3-6,12-13H,2,7-9H2,1H3. The summed E-state index contributed by atoms with van der Waals surface area (Å²) in [6.07, 6.45) is 0.747. The van der Waals surface area contributed by atoms with Gasteiger partial charge in [-0.15, -0.1) is 0 Å². The summed E-state index contributed by atoms with van der Waals surface area (Å²) in [6, 6.07) is 6.09. The highest BCUT2D eigenvalue weighted by Crippen LogP contribution is 2.15. The van der Waals surface area contributed by atoms with Gasteiger partial charge in [-0.1, -0.05) is 6.92 Å². The van der Waals surface area contributed by atoms with Crippen LogP contribution in [0.4, 0.5) is 0 Å². The summed E-state index contributed by atoms with van der Waals surface area (Å²) in [7, 11) is -3.41. The molecule has 0 unspecified atom stereocenters. The van der Waals surface area contributed by atoms with Gasteiger partial charge in [0.1, 0.15) is 12.4 Å². The van der Waals surface area contributed by atoms with E-state index in [9.17, 15) is 8.42 Å². The largest absolute Gasteiger partial charge is 0.491 e. The van der Waals surface area contributed by atoms with Crippen LogP contribution < -0.4 is 9.46 Å². The number of benzene rings is 1. The van der Waals surface area contributed by atoms with Gasteiger partial charge in [-0.05, 0) is 30.7 Å². The minimum Gasteiger partial charge on any atom is -0.491 e. The topological polar surface area (TPSA) is 75.6 Å². The minimum atomic E-state index is -3.41. The molecule has 1 aromatic carbocycles. The van der Waals surface area contributed by atoms with E-state index in [0.29, 0.717) is 12.3 Å². The van der Waals surface area contributed by atoms with Crippen LogP contribution in [0.3, 0.4) is 0 Å². The molecular weight excluding hydrogens is 242 g/mol. The van der Waals surface area contributed by atoms with Crippen molar-refractivity contribution in [2.24, 2.45) is 0 Å². The highest BCUT2D eigenvalue weighted by atomic mass is 32.2. The number of sulfonamides is 1. The first-order valence-corrected chi connectivity index (χ1v) is 6.92. The number of ether oxygens (including phenoxy) is 1. The third kappa shape index (κ3) is 4.33. The monoisotopic (exact) mass is 259 g/mol. The first kappa shape index (κ1) is 14.0. The van der Waals surface area contributed by atoms with Crippen LogP contribution in [0.1, 0.15) is 13.3 Å². The van der Waals surface area contributed by atoms with Crippen molar-refractivity contribution >= 4 is 10.0 Å². The van der Waals surface area contributed by atoms with Crippen molar-refractivity contribution in [2.75, 3.05) is 19.8 Å². The van der Waals surface area contributed by atoms with Gasteiger partial charge in [0, 0.05) is 6.54 Å². The molecule has 0 aromatic heterocycles. The highest BCUT2D eigenvalue weighted by Gasteiger charge is 2.12. The zero-order valence-electron chi connectivity index (χ0n) is 9.72. The van der Waals surface area contributed by atoms with Gasteiger partial charge in [0.05, 0.1) is 11.5 Å². The van der Waals surface area contributed by atoms with Crippen LogP contribution >= 0.6 is 0 Å². The molecule has 0 bridgehead atoms. The van der Waals surface area contributed by atoms with Crippen molar-refractivity contribution in [3.63, 3.8) is 0 Å². The average molecular weight is 259 g/mol. The quantitative estimate of drug-likeness (QED) is 0.757. The molecule has 0 aliphatic rings. The molecule has 0 fully saturated rings. The summed E-state index contributed by atoms with van der Waals surface area (Å²) in [5.74, 6) is 0.536. The maximum Gasteiger partial charge on any atom is 0.240 e. The third-order valence-corrected chi connectivity index (χ3v) is 3.51. The number of hydrogen-bond acceptors (Lipinski definition) is 4. The zero-order chi connectivity index (χ0) is 12.7. The van der Waals surface area contributed by atoms with E-state index in [4.69, 9.17) is 9.84 Å². The van der Waals surface area contributed by atoms with E-state index in [1.807, 2.05) is 6.92 Å². The molecule has 0 saturated carbocycles. The Morgan fingerprint density at radius 2 is 1.94 bits per heavy atom. The summed E-state index contributed by atoms with van der Waals surface area (Å²) in [4.78, 5) is 0.210. The Morgan fingerprint density at radius 3 is 2.47 bits per heavy atom. The molecule has 1 aromatic rings. The average Bonchev–Trinajstić information content (AvgIpc) is 2.34. The lowest BCUT2D eigenvalue weighted by Crippen LogP contribution is -2.24. The van der Waals surface area contributed by atoms with Crippen LogP contribution in [0.2, 0.25) is 0 Å². The number of nitrogens with one attached hydrogen (secondary N) is 1. The van der Waals surface area contributed by atoms with Gasteiger partial charge in [0.2, 0.25) is 10.0 Å². The van der Waals surface area contributed by atoms with Crippen molar-refractivity contribution in [2.45, 2.75) is 18.2 Å². The predicted octanol–water partition coefficient (Wildman–Crippen LogP) is 0.746. The molecule has 96 valence electrons. The van der Waals surface area contributed by atoms with E-state index in [-0.39, 0.29) is 18.1 Å². The second kappa shape index (κ2) is 6.58. The second-order valence-electron chi connectivity index (χ2n) is 3.44. The molecule has 17 heavy (non-hydrogen) atoms. The molecule has 1 rings (SSSR count). The lowest BCUT2D eigenvalue weighted by Gasteiger charge is -2.07. The van der Waals surface area contributed by atoms with E-state index in [1.54, 1.807) is 12.1 Å². The first-order chi connectivity index (χ1) is 8.10. The van der Waals surface area contributed by atoms with E-state index in [0.717, 1.165) is 6.42 Å². The van der Waals surface area contributed by atoms with Crippen molar-refractivity contribution in [3.05, 3.63) is 24.3 Å². The summed E-state index contributed by atoms with van der Waals surface area (Å²) in [6.45, 7) is 2.44. The summed E-state index contributed by atoms with van der Waals surface area (Å²) in [5, 5.41) is 8.58. The number of aliphatic hydroxyl groups is 1. The smallest absolute Gasteiger partial charge is 0.240 e. The molecule has 5 nitrogen and oxygen atoms in total. The lowest BCUT2D eigenvalue weighted by atomic mass is 10.3. The fourth-order valence-corrected chi connectivity index (χ4v) is 2.33. The van der Waals surface area contributed by atoms with Crippen LogP contribution in [-0.2, 0) is 10.0 Å². The maximum atomic E-state index is 11.7. The van der Waals surface area contributed by atoms with Gasteiger partial charge >= 0.3 is 0 Å². The van der Waals surface area contributed by atoms with E-state index >= 15 is 0 Å². The fraction of sp³-hybridized carbons (Fsp3) is 0.455. The molecule has 0 aliphatic heterocycles. The van der Waals surface area contributed by atoms with Gasteiger partial charge in [-0.2, -0.15) is 0 Å². The van der Waals surface area contributed by atoms with Crippen LogP contribution in [0.5, 0.6) is 5.75 Å². The maximum absolute atomic E-state index is 11.7. The number of rotatable bonds is 7. The Kier molecular flexibility index (Phi) is 5.40. The van der Waals surface area contributed by atoms with Crippen molar-refractivity contribution in [3.8, 4) is 5.75 Å². The van der Waals surface area contributed by atoms with Gasteiger partial charge in [-0.3, -0.25) is 0 Å². The summed E-state index contributed by atoms with van der Waals surface area (Å²) >= 11 is 0. The fourth-order valence-electron chi connectivity index (χ4n) is 1.20. The molecule has 0 heterocycles. The third-order valence-electron chi connectivity index (χ3n) is 2.04. The van der Waals surface area contributed by atoms with Gasteiger partial charge in [0.25, 0.3) is 0 Å². The highest BCUT2D eigenvalue weighted by molar-refractivity contribution is 7.89. The van der Waals surface area contributed by atoms with Gasteiger partial charge < -0.3 is 9.84 Å². The van der Waals surface area contributed by atoms with Crippen molar-refractivity contribution in [1.82, 2.24) is 4.72 Å². The molecule has 0 amide bonds. The predicted molar refractivity (Wildman–Crippen MR) is 64.5 cm³/mol. The Bertz CT molecular complexity index is 427. The molecular formula is C11H17NO4S. The van der Waals surface area contributed by atoms with Gasteiger partial charge in [0.15, 0.2) is 0 Å². The molecule has 0 radical (unpaired) electrons. The molecule has 0 atom stereocenters. The normalized spacial score (nSPS) is 11.4. The van der Waals surface area contributed by atoms with E-state index < -0.39 is 10.0 Å². The van der Waals surface area contributed by atoms with E-state index in [2.05, 4.69) is 4.72 Å². The van der Waals surface area contributed by atoms with Gasteiger partial charge in [-0.25, -0.2) is 13.1 Å². The van der Waals surface area contributed by atoms with Crippen LogP contribution in [0, 0.1) is 0 Å². The summed E-state index contributed by atoms with van der Waals surface area (Å²) < 4.78 is 31.1. The summed E-state index contributed by atoms with van der Waals surface area (Å²) in [5.41, 5.74) is 0. The minimum absolute atomic E-state index is 0.0713. The molecule has 0 aliphatic carbocycles. The zero-order valence-corrected chi connectivity index (χ0v) is 10.5.